The molecule has 1 heterocycles. The zero-order chi connectivity index (χ0) is 29.3. The molecule has 1 saturated carbocycles. The molecule has 0 saturated heterocycles. The lowest BCUT2D eigenvalue weighted by Crippen LogP contribution is -2.37. The van der Waals surface area contributed by atoms with Crippen molar-refractivity contribution in [3.8, 4) is 11.4 Å². The average molecular weight is 592 g/mol. The third-order valence-electron chi connectivity index (χ3n) is 8.67. The van der Waals surface area contributed by atoms with Crippen molar-refractivity contribution in [1.82, 2.24) is 14.5 Å². The van der Waals surface area contributed by atoms with Gasteiger partial charge in [-0.1, -0.05) is 85.5 Å². The van der Waals surface area contributed by atoms with Gasteiger partial charge in [-0.2, -0.15) is 13.2 Å². The van der Waals surface area contributed by atoms with E-state index in [1.54, 1.807) is 4.90 Å². The summed E-state index contributed by atoms with van der Waals surface area (Å²) < 4.78 is 43.1. The predicted molar refractivity (Wildman–Crippen MR) is 158 cm³/mol. The molecular formula is C34H33ClF3N3O. The molecule has 4 nitrogen and oxygen atoms in total. The summed E-state index contributed by atoms with van der Waals surface area (Å²) in [5.74, 6) is 0.624. The summed E-state index contributed by atoms with van der Waals surface area (Å²) in [7, 11) is 0. The summed E-state index contributed by atoms with van der Waals surface area (Å²) in [4.78, 5) is 20.6. The minimum absolute atomic E-state index is 0.0198. The Hall–Kier alpha value is -3.58. The SMILES string of the molecule is O=C(c1cc(C(F)(F)F)ccc1Cl)N(Cc1cnc(-c2ccccc2)n1C1Cc2ccccc2C1)CC1CCCCC1. The van der Waals surface area contributed by atoms with E-state index in [2.05, 4.69) is 28.8 Å². The Morgan fingerprint density at radius 3 is 2.26 bits per heavy atom. The molecule has 2 aliphatic carbocycles. The Morgan fingerprint density at radius 1 is 0.929 bits per heavy atom. The van der Waals surface area contributed by atoms with Crippen LogP contribution in [0, 0.1) is 5.92 Å². The largest absolute Gasteiger partial charge is 0.416 e. The van der Waals surface area contributed by atoms with Crippen LogP contribution in [0.5, 0.6) is 0 Å². The Labute approximate surface area is 249 Å². The molecule has 0 spiro atoms. The van der Waals surface area contributed by atoms with Crippen LogP contribution in [0.4, 0.5) is 13.2 Å². The first-order valence-electron chi connectivity index (χ1n) is 14.6. The molecule has 8 heteroatoms. The Bertz CT molecular complexity index is 1540. The number of amides is 1. The van der Waals surface area contributed by atoms with Crippen LogP contribution in [-0.4, -0.2) is 26.9 Å². The van der Waals surface area contributed by atoms with Crippen molar-refractivity contribution in [2.75, 3.05) is 6.54 Å². The van der Waals surface area contributed by atoms with E-state index in [1.807, 2.05) is 36.5 Å². The smallest absolute Gasteiger partial charge is 0.332 e. The van der Waals surface area contributed by atoms with Crippen molar-refractivity contribution >= 4 is 17.5 Å². The highest BCUT2D eigenvalue weighted by Gasteiger charge is 2.34. The van der Waals surface area contributed by atoms with E-state index in [9.17, 15) is 18.0 Å². The molecular weight excluding hydrogens is 559 g/mol. The van der Waals surface area contributed by atoms with Crippen LogP contribution in [0.2, 0.25) is 5.02 Å². The average Bonchev–Trinajstić information content (AvgIpc) is 3.61. The maximum absolute atomic E-state index is 14.1. The molecule has 0 N–H and O–H groups in total. The van der Waals surface area contributed by atoms with Gasteiger partial charge in [-0.15, -0.1) is 0 Å². The zero-order valence-corrected chi connectivity index (χ0v) is 24.0. The summed E-state index contributed by atoms with van der Waals surface area (Å²) in [6.07, 6.45) is 4.26. The molecule has 0 atom stereocenters. The van der Waals surface area contributed by atoms with Crippen LogP contribution in [0.1, 0.15) is 70.9 Å². The Morgan fingerprint density at radius 2 is 1.60 bits per heavy atom. The fraction of sp³-hybridized carbons (Fsp3) is 0.353. The van der Waals surface area contributed by atoms with Crippen LogP contribution in [0.3, 0.4) is 0 Å². The summed E-state index contributed by atoms with van der Waals surface area (Å²) in [5.41, 5.74) is 3.43. The quantitative estimate of drug-likeness (QED) is 0.215. The van der Waals surface area contributed by atoms with E-state index in [0.717, 1.165) is 67.7 Å². The lowest BCUT2D eigenvalue weighted by Gasteiger charge is -2.31. The minimum Gasteiger partial charge on any atom is -0.332 e. The lowest BCUT2D eigenvalue weighted by molar-refractivity contribution is -0.137. The summed E-state index contributed by atoms with van der Waals surface area (Å²) >= 11 is 6.37. The zero-order valence-electron chi connectivity index (χ0n) is 23.3. The van der Waals surface area contributed by atoms with E-state index < -0.39 is 17.6 Å². The number of aromatic nitrogens is 2. The third-order valence-corrected chi connectivity index (χ3v) is 9.00. The molecule has 218 valence electrons. The van der Waals surface area contributed by atoms with Gasteiger partial charge in [0, 0.05) is 18.2 Å². The van der Waals surface area contributed by atoms with E-state index in [1.165, 1.54) is 23.6 Å². The predicted octanol–water partition coefficient (Wildman–Crippen LogP) is 8.78. The van der Waals surface area contributed by atoms with Crippen molar-refractivity contribution in [2.24, 2.45) is 5.92 Å². The maximum Gasteiger partial charge on any atom is 0.416 e. The standard InChI is InChI=1S/C34H33ClF3N3O/c35-31-16-15-27(34(36,37)38)19-30(31)33(42)40(21-23-9-3-1-4-10-23)22-29-20-39-32(24-11-5-2-6-12-24)41(29)28-17-25-13-7-8-14-26(25)18-28/h2,5-8,11-16,19-20,23,28H,1,3-4,9-10,17-18,21-22H2. The molecule has 6 rings (SSSR count). The maximum atomic E-state index is 14.1. The van der Waals surface area contributed by atoms with Crippen molar-refractivity contribution in [2.45, 2.75) is 63.7 Å². The van der Waals surface area contributed by atoms with Crippen molar-refractivity contribution in [3.63, 3.8) is 0 Å². The monoisotopic (exact) mass is 591 g/mol. The highest BCUT2D eigenvalue weighted by Crippen LogP contribution is 2.36. The third kappa shape index (κ3) is 5.98. The summed E-state index contributed by atoms with van der Waals surface area (Å²) in [6.45, 7) is 0.691. The second-order valence-corrected chi connectivity index (χ2v) is 11.9. The highest BCUT2D eigenvalue weighted by molar-refractivity contribution is 6.33. The van der Waals surface area contributed by atoms with Crippen LogP contribution in [0.25, 0.3) is 11.4 Å². The number of benzene rings is 3. The first-order valence-corrected chi connectivity index (χ1v) is 15.0. The van der Waals surface area contributed by atoms with Gasteiger partial charge in [0.15, 0.2) is 0 Å². The first-order chi connectivity index (χ1) is 20.3. The number of carbonyl (C=O) groups is 1. The highest BCUT2D eigenvalue weighted by atomic mass is 35.5. The first kappa shape index (κ1) is 28.5. The number of imidazole rings is 1. The number of alkyl halides is 3. The second kappa shape index (κ2) is 12.0. The Kier molecular flexibility index (Phi) is 8.13. The number of nitrogens with zero attached hydrogens (tertiary/aromatic N) is 3. The lowest BCUT2D eigenvalue weighted by atomic mass is 9.88. The summed E-state index contributed by atoms with van der Waals surface area (Å²) in [6, 6.07) is 21.5. The minimum atomic E-state index is -4.57. The van der Waals surface area contributed by atoms with Crippen LogP contribution < -0.4 is 0 Å². The van der Waals surface area contributed by atoms with Gasteiger partial charge in [0.05, 0.1) is 34.6 Å². The molecule has 1 amide bonds. The Balaban J connectivity index is 1.39. The van der Waals surface area contributed by atoms with Crippen LogP contribution in [0.15, 0.2) is 79.0 Å². The molecule has 42 heavy (non-hydrogen) atoms. The van der Waals surface area contributed by atoms with E-state index >= 15 is 0 Å². The normalized spacial score (nSPS) is 16.0. The molecule has 3 aromatic carbocycles. The van der Waals surface area contributed by atoms with Crippen LogP contribution in [-0.2, 0) is 25.6 Å². The fourth-order valence-electron chi connectivity index (χ4n) is 6.57. The molecule has 2 aliphatic rings. The number of fused-ring (bicyclic) bond motifs is 1. The summed E-state index contributed by atoms with van der Waals surface area (Å²) in [5, 5.41) is 0.0198. The van der Waals surface area contributed by atoms with Gasteiger partial charge >= 0.3 is 6.18 Å². The van der Waals surface area contributed by atoms with Crippen LogP contribution >= 0.6 is 11.6 Å². The van der Waals surface area contributed by atoms with E-state index in [4.69, 9.17) is 16.6 Å². The number of rotatable bonds is 7. The second-order valence-electron chi connectivity index (χ2n) is 11.5. The van der Waals surface area contributed by atoms with Gasteiger partial charge in [0.1, 0.15) is 5.82 Å². The number of carbonyl (C=O) groups excluding carboxylic acids is 1. The van der Waals surface area contributed by atoms with Gasteiger partial charge in [-0.05, 0) is 60.9 Å². The van der Waals surface area contributed by atoms with E-state index in [-0.39, 0.29) is 29.1 Å². The van der Waals surface area contributed by atoms with Gasteiger partial charge in [0.25, 0.3) is 5.91 Å². The number of hydrogen-bond acceptors (Lipinski definition) is 2. The molecule has 0 unspecified atom stereocenters. The van der Waals surface area contributed by atoms with Crippen molar-refractivity contribution < 1.29 is 18.0 Å². The molecule has 1 fully saturated rings. The number of halogens is 4. The topological polar surface area (TPSA) is 38.1 Å². The molecule has 1 aromatic heterocycles. The molecule has 0 radical (unpaired) electrons. The van der Waals surface area contributed by atoms with Crippen molar-refractivity contribution in [1.29, 1.82) is 0 Å². The van der Waals surface area contributed by atoms with E-state index in [0.29, 0.717) is 6.54 Å². The molecule has 4 aromatic rings. The van der Waals surface area contributed by atoms with Gasteiger partial charge in [-0.25, -0.2) is 4.98 Å². The number of hydrogen-bond donors (Lipinski definition) is 0. The molecule has 0 aliphatic heterocycles. The van der Waals surface area contributed by atoms with Crippen molar-refractivity contribution in [3.05, 3.63) is 112 Å². The fourth-order valence-corrected chi connectivity index (χ4v) is 6.77. The molecule has 0 bridgehead atoms. The van der Waals surface area contributed by atoms with Gasteiger partial charge in [0.2, 0.25) is 0 Å². The van der Waals surface area contributed by atoms with Gasteiger partial charge < -0.3 is 9.47 Å². The van der Waals surface area contributed by atoms with Gasteiger partial charge in [-0.3, -0.25) is 4.79 Å².